The van der Waals surface area contributed by atoms with Crippen LogP contribution < -0.4 is 9.47 Å². The Morgan fingerprint density at radius 1 is 0.438 bits per heavy atom. The number of aryl methyl sites for hydroxylation is 9. The van der Waals surface area contributed by atoms with E-state index in [-0.39, 0.29) is 58.3 Å². The Bertz CT molecular complexity index is 6270. The van der Waals surface area contributed by atoms with Crippen molar-refractivity contribution in [2.45, 2.75) is 240 Å². The van der Waals surface area contributed by atoms with Crippen LogP contribution in [0.1, 0.15) is 283 Å². The Labute approximate surface area is 816 Å². The van der Waals surface area contributed by atoms with Crippen LogP contribution in [0.5, 0.6) is 46.0 Å². The Morgan fingerprint density at radius 3 is 1.19 bits per heavy atom. The molecule has 14 atom stereocenters. The lowest BCUT2D eigenvalue weighted by atomic mass is 9.59. The number of carbonyl (C=O) groups excluding carboxylic acids is 4. The zero-order valence-electron chi connectivity index (χ0n) is 81.0. The van der Waals surface area contributed by atoms with E-state index in [2.05, 4.69) is 75.4 Å². The molecule has 18 rings (SSSR count). The fraction of sp³-hybridized carbons (Fsp3) is 0.375. The number of aliphatic hydroxyl groups is 2. The minimum absolute atomic E-state index is 0. The summed E-state index contributed by atoms with van der Waals surface area (Å²) >= 11 is 0. The van der Waals surface area contributed by atoms with Crippen molar-refractivity contribution in [2.24, 2.45) is 45.3 Å². The van der Waals surface area contributed by atoms with Crippen LogP contribution in [-0.2, 0) is 35.3 Å². The van der Waals surface area contributed by atoms with E-state index in [0.717, 1.165) is 178 Å². The van der Waals surface area contributed by atoms with Gasteiger partial charge in [-0.05, 0) is 434 Å². The van der Waals surface area contributed by atoms with Crippen molar-refractivity contribution >= 4 is 73.7 Å². The van der Waals surface area contributed by atoms with Gasteiger partial charge < -0.3 is 50.3 Å². The highest BCUT2D eigenvalue weighted by Gasteiger charge is 2.48. The average molecular weight is 1860 g/mol. The third kappa shape index (κ3) is 25.0. The topological polar surface area (TPSA) is 272 Å². The fourth-order valence-electron chi connectivity index (χ4n) is 22.6. The van der Waals surface area contributed by atoms with Gasteiger partial charge in [0.2, 0.25) is 11.5 Å². The molecule has 0 saturated heterocycles. The van der Waals surface area contributed by atoms with E-state index >= 15 is 0 Å². The van der Waals surface area contributed by atoms with E-state index in [1.54, 1.807) is 98.8 Å². The molecule has 8 aliphatic rings. The summed E-state index contributed by atoms with van der Waals surface area (Å²) in [6.45, 7) is 24.9. The second-order valence-electron chi connectivity index (χ2n) is 40.3. The maximum absolute atomic E-state index is 12.5. The summed E-state index contributed by atoms with van der Waals surface area (Å²) in [6, 6.07) is 59.2. The normalized spacial score (nSPS) is 23.6. The number of phenols is 6. The fourth-order valence-corrected chi connectivity index (χ4v) is 22.6. The minimum Gasteiger partial charge on any atom is -0.508 e. The molecule has 0 heterocycles. The van der Waals surface area contributed by atoms with Crippen molar-refractivity contribution in [3.05, 3.63) is 300 Å². The van der Waals surface area contributed by atoms with Crippen LogP contribution in [0.2, 0.25) is 0 Å². The van der Waals surface area contributed by atoms with Gasteiger partial charge in [0, 0.05) is 32.5 Å². The summed E-state index contributed by atoms with van der Waals surface area (Å²) in [6.07, 6.45) is 38.1. The molecule has 0 bridgehead atoms. The SMILES string of the molecule is C#CC(=O)[C@@]1(C)CCC2c3ccc(O)cc3CCC2C1.C#C[C@H](O)[C@@]1(C)CCC2c3ccc(O)cc3CCC2C1.C=[N+](O)c1ccccc1OC(=O)c1cccc(/C=C/c2cc(C)c(O)c(C)c2)c1.CC#CC(O)[C@@]1(C)CCC2c3ccc(O)cc3CCC2C1.CC(=O)[C@@]1(C)CCC2c3ccc(O)cc3CCC2C1.Cc1ccc(OC(=O)c2cccc(/C=C/c3cc(C)c(O)c(C)c3)c2)cc1.S. The molecule has 4 saturated carbocycles. The van der Waals surface area contributed by atoms with E-state index in [1.165, 1.54) is 44.5 Å². The van der Waals surface area contributed by atoms with Crippen molar-refractivity contribution in [1.82, 2.24) is 0 Å². The maximum atomic E-state index is 12.5. The van der Waals surface area contributed by atoms with Crippen LogP contribution in [0.15, 0.2) is 194 Å². The molecule has 714 valence electrons. The van der Waals surface area contributed by atoms with E-state index in [0.29, 0.717) is 109 Å². The Hall–Kier alpha value is -12.8. The molecular weight excluding hydrogens is 1730 g/mol. The van der Waals surface area contributed by atoms with Crippen LogP contribution in [-0.4, -0.2) is 93.2 Å². The van der Waals surface area contributed by atoms with Crippen molar-refractivity contribution < 1.29 is 79.5 Å². The number of para-hydroxylation sites is 2. The molecule has 9 N–H and O–H groups in total. The molecular formula is C120H134NO15S+. The molecule has 10 aromatic carbocycles. The van der Waals surface area contributed by atoms with Crippen molar-refractivity contribution in [2.75, 3.05) is 0 Å². The van der Waals surface area contributed by atoms with Crippen LogP contribution in [0, 0.1) is 116 Å². The third-order valence-corrected chi connectivity index (χ3v) is 30.5. The number of fused-ring (bicyclic) bond motifs is 12. The van der Waals surface area contributed by atoms with E-state index in [1.807, 2.05) is 151 Å². The van der Waals surface area contributed by atoms with Crippen molar-refractivity contribution in [3.8, 4) is 82.5 Å². The number of phenolic OH excluding ortho intramolecular Hbond substituents is 6. The smallest absolute Gasteiger partial charge is 0.343 e. The number of aliphatic hydroxyl groups excluding tert-OH is 2. The number of carbonyl (C=O) groups is 4. The van der Waals surface area contributed by atoms with Crippen LogP contribution in [0.25, 0.3) is 24.3 Å². The second-order valence-corrected chi connectivity index (χ2v) is 40.3. The first-order chi connectivity index (χ1) is 64.9. The van der Waals surface area contributed by atoms with E-state index in [9.17, 15) is 65.2 Å². The largest absolute Gasteiger partial charge is 0.508 e. The van der Waals surface area contributed by atoms with E-state index < -0.39 is 18.2 Å². The molecule has 0 aromatic heterocycles. The number of rotatable bonds is 13. The number of Topliss-reactive ketones (excluding diaryl/α,β-unsaturated/α-hetero) is 2. The van der Waals surface area contributed by atoms with Gasteiger partial charge in [0.25, 0.3) is 5.69 Å². The first-order valence-corrected chi connectivity index (χ1v) is 48.0. The summed E-state index contributed by atoms with van der Waals surface area (Å²) in [5.41, 5.74) is 19.4. The number of nitrogens with zero attached hydrogens (tertiary/aromatic N) is 1. The monoisotopic (exact) mass is 1860 g/mol. The summed E-state index contributed by atoms with van der Waals surface area (Å²) in [5.74, 6) is 17.6. The summed E-state index contributed by atoms with van der Waals surface area (Å²) in [7, 11) is 0. The van der Waals surface area contributed by atoms with Crippen LogP contribution >= 0.6 is 13.5 Å². The number of ether oxygens (including phenoxy) is 2. The van der Waals surface area contributed by atoms with Gasteiger partial charge in [-0.15, -0.1) is 18.8 Å². The van der Waals surface area contributed by atoms with Crippen LogP contribution in [0.3, 0.4) is 0 Å². The van der Waals surface area contributed by atoms with Gasteiger partial charge in [0.15, 0.2) is 6.72 Å². The van der Waals surface area contributed by atoms with Gasteiger partial charge in [-0.3, -0.25) is 14.8 Å². The molecule has 17 heteroatoms. The molecule has 16 nitrogen and oxygen atoms in total. The summed E-state index contributed by atoms with van der Waals surface area (Å²) in [4.78, 5) is 48.8. The lowest BCUT2D eigenvalue weighted by Crippen LogP contribution is -2.40. The molecule has 0 radical (unpaired) electrons. The zero-order chi connectivity index (χ0) is 97.7. The van der Waals surface area contributed by atoms with Crippen LogP contribution in [0.4, 0.5) is 5.69 Å². The number of aromatic hydroxyl groups is 6. The zero-order valence-corrected chi connectivity index (χ0v) is 82.0. The molecule has 0 amide bonds. The predicted molar refractivity (Wildman–Crippen MR) is 550 cm³/mol. The number of ketones is 2. The highest BCUT2D eigenvalue weighted by molar-refractivity contribution is 7.59. The quantitative estimate of drug-likeness (QED) is 0.00598. The lowest BCUT2D eigenvalue weighted by Gasteiger charge is -2.46. The minimum atomic E-state index is -0.635. The lowest BCUT2D eigenvalue weighted by molar-refractivity contribution is -0.706. The second kappa shape index (κ2) is 45.0. The Morgan fingerprint density at radius 2 is 0.803 bits per heavy atom. The van der Waals surface area contributed by atoms with Gasteiger partial charge in [0.05, 0.1) is 11.1 Å². The number of esters is 2. The molecule has 4 fully saturated rings. The van der Waals surface area contributed by atoms with Gasteiger partial charge in [0.1, 0.15) is 58.2 Å². The molecule has 0 aliphatic heterocycles. The number of hydrogen-bond acceptors (Lipinski definition) is 15. The van der Waals surface area contributed by atoms with Gasteiger partial charge in [-0.25, -0.2) is 9.59 Å². The van der Waals surface area contributed by atoms with Gasteiger partial charge >= 0.3 is 11.9 Å². The summed E-state index contributed by atoms with van der Waals surface area (Å²) < 4.78 is 11.5. The van der Waals surface area contributed by atoms with Gasteiger partial charge in [-0.2, -0.15) is 13.5 Å². The standard InChI is InChI=1S/C24H21NO4.C24H22O3.C19H24O2.C18H22O2.C18H20O2.C17H22O2.H2S/c1-16-13-19(14-17(2)23(16)26)12-11-18-7-6-8-20(15-18)24(27)29-22-10-5-4-9-21(22)25(3)28;1-16-7-11-22(12-8-16)27-24(26)21-6-4-5-19(15-21)9-10-20-13-17(2)23(25)18(3)14-20;1-3-4-18(21)19(2)10-9-17-14(12-19)6-5-13-11-15(20)7-8-16(13)17;2*1-3-17(20)18(2)9-8-16-13(11-18)5-4-12-10-14(19)6-7-15(12)16;1-11(18)17(2)8-7-16-13(10-17)4-3-12-9-14(19)5-6-15(12)16;/h4-15H,3H2,1-2H3,(H-,26,28);4-15,25H,1-3H3;7-8,11,14,17-18,20-21H,5-6,9-10,12H2,1-2H3;1,6-7,10,13,16-17,19-20H,4-5,8-9,11H2,2H3;1,6-7,10,13,16,19H,4-5,8-9,11H2,2H3;5-6,9,13,16,19H,3-4,7-8,10H2,1-2H3;1H2/p+1/b12-11+;10-9+;;;;;/t;;14?,17?,18?,19-;13?,16?,17-,18-;13?,16?,18-;13?,16?,17-;/m..0000./s1. The molecule has 8 aliphatic carbocycles. The van der Waals surface area contributed by atoms with E-state index in [4.69, 9.17) is 22.3 Å². The molecule has 9 unspecified atom stereocenters. The van der Waals surface area contributed by atoms with Crippen molar-refractivity contribution in [1.29, 1.82) is 0 Å². The maximum Gasteiger partial charge on any atom is 0.343 e. The number of hydrogen-bond donors (Lipinski definition) is 9. The highest BCUT2D eigenvalue weighted by Crippen LogP contribution is 2.57. The number of terminal acetylenes is 2. The Balaban J connectivity index is 0.000000148. The highest BCUT2D eigenvalue weighted by atomic mass is 32.1. The molecule has 0 spiro atoms. The van der Waals surface area contributed by atoms with Gasteiger partial charge in [-0.1, -0.05) is 142 Å². The first-order valence-electron chi connectivity index (χ1n) is 48.0. The first kappa shape index (κ1) is 103. The predicted octanol–water partition coefficient (Wildman–Crippen LogP) is 25.0. The van der Waals surface area contributed by atoms with Crippen molar-refractivity contribution in [3.63, 3.8) is 0 Å². The molecule has 137 heavy (non-hydrogen) atoms. The Kier molecular flexibility index (Phi) is 33.9. The third-order valence-electron chi connectivity index (χ3n) is 30.5. The summed E-state index contributed by atoms with van der Waals surface area (Å²) in [5, 5.41) is 88.2. The average Bonchev–Trinajstić information content (AvgIpc) is 0.809. The molecule has 10 aromatic rings. The number of benzene rings is 10.